The third-order valence-corrected chi connectivity index (χ3v) is 2.70. The maximum absolute atomic E-state index is 11.6. The second kappa shape index (κ2) is 5.99. The van der Waals surface area contributed by atoms with E-state index in [2.05, 4.69) is 18.7 Å². The summed E-state index contributed by atoms with van der Waals surface area (Å²) in [6.07, 6.45) is 0.468. The van der Waals surface area contributed by atoms with Crippen molar-refractivity contribution in [1.29, 1.82) is 0 Å². The van der Waals surface area contributed by atoms with Gasteiger partial charge in [0.2, 0.25) is 0 Å². The molecule has 1 heterocycles. The second-order valence-electron chi connectivity index (χ2n) is 4.67. The van der Waals surface area contributed by atoms with Crippen LogP contribution >= 0.6 is 0 Å². The van der Waals surface area contributed by atoms with E-state index >= 15 is 0 Å². The monoisotopic (exact) mass is 227 g/mol. The van der Waals surface area contributed by atoms with Crippen molar-refractivity contribution in [2.75, 3.05) is 26.2 Å². The van der Waals surface area contributed by atoms with Crippen LogP contribution in [0.5, 0.6) is 0 Å². The molecule has 92 valence electrons. The van der Waals surface area contributed by atoms with E-state index in [9.17, 15) is 9.59 Å². The lowest BCUT2D eigenvalue weighted by Gasteiger charge is -2.31. The highest BCUT2D eigenvalue weighted by atomic mass is 16.5. The van der Waals surface area contributed by atoms with Crippen LogP contribution in [0, 0.1) is 11.8 Å². The van der Waals surface area contributed by atoms with Gasteiger partial charge in [0.15, 0.2) is 0 Å². The molecule has 0 aliphatic carbocycles. The van der Waals surface area contributed by atoms with Crippen LogP contribution < -0.4 is 0 Å². The molecule has 0 spiro atoms. The van der Waals surface area contributed by atoms with Gasteiger partial charge in [-0.05, 0) is 12.8 Å². The summed E-state index contributed by atoms with van der Waals surface area (Å²) < 4.78 is 4.92. The van der Waals surface area contributed by atoms with Crippen LogP contribution in [0.15, 0.2) is 0 Å². The Kier molecular flexibility index (Phi) is 4.93. The standard InChI is InChI=1S/C12H21NO3/c1-4-16-12(15)10-8-13(7-9(2)3)6-5-11(10)14/h9-10H,4-8H2,1-3H3. The summed E-state index contributed by atoms with van der Waals surface area (Å²) >= 11 is 0. The molecule has 1 rings (SSSR count). The number of carbonyl (C=O) groups excluding carboxylic acids is 2. The molecule has 1 unspecified atom stereocenters. The fraction of sp³-hybridized carbons (Fsp3) is 0.833. The Morgan fingerprint density at radius 1 is 1.56 bits per heavy atom. The van der Waals surface area contributed by atoms with Crippen LogP contribution in [0.1, 0.15) is 27.2 Å². The number of rotatable bonds is 4. The van der Waals surface area contributed by atoms with Crippen LogP contribution in [-0.2, 0) is 14.3 Å². The van der Waals surface area contributed by atoms with Gasteiger partial charge in [-0.3, -0.25) is 9.59 Å². The average Bonchev–Trinajstić information content (AvgIpc) is 2.20. The summed E-state index contributed by atoms with van der Waals surface area (Å²) in [5.41, 5.74) is 0. The Hall–Kier alpha value is -0.900. The maximum atomic E-state index is 11.6. The highest BCUT2D eigenvalue weighted by Gasteiger charge is 2.33. The van der Waals surface area contributed by atoms with E-state index in [1.165, 1.54) is 0 Å². The van der Waals surface area contributed by atoms with Crippen LogP contribution in [0.3, 0.4) is 0 Å². The lowest BCUT2D eigenvalue weighted by atomic mass is 9.96. The van der Waals surface area contributed by atoms with E-state index in [1.54, 1.807) is 6.92 Å². The van der Waals surface area contributed by atoms with Crippen molar-refractivity contribution in [2.24, 2.45) is 11.8 Å². The number of hydrogen-bond donors (Lipinski definition) is 0. The lowest BCUT2D eigenvalue weighted by Crippen LogP contribution is -2.45. The van der Waals surface area contributed by atoms with Crippen molar-refractivity contribution in [3.8, 4) is 0 Å². The van der Waals surface area contributed by atoms with E-state index in [0.29, 0.717) is 25.5 Å². The predicted octanol–water partition coefficient (Wildman–Crippen LogP) is 1.10. The number of piperidine rings is 1. The van der Waals surface area contributed by atoms with Gasteiger partial charge in [0, 0.05) is 26.1 Å². The first-order chi connectivity index (χ1) is 7.54. The molecule has 16 heavy (non-hydrogen) atoms. The van der Waals surface area contributed by atoms with Crippen LogP contribution in [0.25, 0.3) is 0 Å². The number of ether oxygens (including phenoxy) is 1. The Bertz CT molecular complexity index is 263. The third kappa shape index (κ3) is 3.59. The number of Topliss-reactive ketones (excluding diaryl/α,β-unsaturated/α-hetero) is 1. The average molecular weight is 227 g/mol. The summed E-state index contributed by atoms with van der Waals surface area (Å²) in [5, 5.41) is 0. The molecule has 0 aromatic heterocycles. The molecule has 0 bridgehead atoms. The summed E-state index contributed by atoms with van der Waals surface area (Å²) in [7, 11) is 0. The Morgan fingerprint density at radius 3 is 2.81 bits per heavy atom. The highest BCUT2D eigenvalue weighted by molar-refractivity contribution is 5.99. The summed E-state index contributed by atoms with van der Waals surface area (Å²) in [6.45, 7) is 8.60. The van der Waals surface area contributed by atoms with Crippen LogP contribution in [0.2, 0.25) is 0 Å². The smallest absolute Gasteiger partial charge is 0.317 e. The molecule has 1 atom stereocenters. The van der Waals surface area contributed by atoms with Gasteiger partial charge >= 0.3 is 5.97 Å². The van der Waals surface area contributed by atoms with Gasteiger partial charge in [-0.1, -0.05) is 13.8 Å². The predicted molar refractivity (Wildman–Crippen MR) is 61.0 cm³/mol. The number of nitrogens with zero attached hydrogens (tertiary/aromatic N) is 1. The molecule has 0 saturated carbocycles. The largest absolute Gasteiger partial charge is 0.465 e. The zero-order valence-electron chi connectivity index (χ0n) is 10.4. The molecule has 0 aromatic rings. The third-order valence-electron chi connectivity index (χ3n) is 2.70. The van der Waals surface area contributed by atoms with E-state index in [4.69, 9.17) is 4.74 Å². The highest BCUT2D eigenvalue weighted by Crippen LogP contribution is 2.15. The number of carbonyl (C=O) groups is 2. The molecule has 1 saturated heterocycles. The summed E-state index contributed by atoms with van der Waals surface area (Å²) in [6, 6.07) is 0. The molecule has 1 aliphatic rings. The van der Waals surface area contributed by atoms with Gasteiger partial charge in [0.1, 0.15) is 11.7 Å². The molecule has 0 radical (unpaired) electrons. The van der Waals surface area contributed by atoms with Gasteiger partial charge in [-0.25, -0.2) is 0 Å². The quantitative estimate of drug-likeness (QED) is 0.533. The molecular formula is C12H21NO3. The minimum Gasteiger partial charge on any atom is -0.465 e. The van der Waals surface area contributed by atoms with Gasteiger partial charge in [0.05, 0.1) is 6.61 Å². The molecule has 0 aromatic carbocycles. The Labute approximate surface area is 96.9 Å². The van der Waals surface area contributed by atoms with Crippen molar-refractivity contribution in [1.82, 2.24) is 4.90 Å². The van der Waals surface area contributed by atoms with Crippen LogP contribution in [-0.4, -0.2) is 42.9 Å². The fourth-order valence-corrected chi connectivity index (χ4v) is 2.02. The van der Waals surface area contributed by atoms with E-state index in [-0.39, 0.29) is 11.8 Å². The Balaban J connectivity index is 2.54. The number of hydrogen-bond acceptors (Lipinski definition) is 4. The van der Waals surface area contributed by atoms with Crippen molar-refractivity contribution in [3.05, 3.63) is 0 Å². The maximum Gasteiger partial charge on any atom is 0.317 e. The molecule has 4 nitrogen and oxygen atoms in total. The van der Waals surface area contributed by atoms with Crippen molar-refractivity contribution in [3.63, 3.8) is 0 Å². The lowest BCUT2D eigenvalue weighted by molar-refractivity contribution is -0.154. The topological polar surface area (TPSA) is 46.6 Å². The fourth-order valence-electron chi connectivity index (χ4n) is 2.02. The molecule has 1 aliphatic heterocycles. The molecule has 1 fully saturated rings. The molecule has 0 amide bonds. The van der Waals surface area contributed by atoms with Crippen molar-refractivity contribution < 1.29 is 14.3 Å². The first kappa shape index (κ1) is 13.2. The summed E-state index contributed by atoms with van der Waals surface area (Å²) in [5.74, 6) is -0.345. The normalized spacial score (nSPS) is 22.5. The van der Waals surface area contributed by atoms with Gasteiger partial charge in [-0.15, -0.1) is 0 Å². The number of likely N-dealkylation sites (tertiary alicyclic amines) is 1. The zero-order valence-corrected chi connectivity index (χ0v) is 10.4. The minimum absolute atomic E-state index is 0.0263. The van der Waals surface area contributed by atoms with Gasteiger partial charge < -0.3 is 9.64 Å². The summed E-state index contributed by atoms with van der Waals surface area (Å²) in [4.78, 5) is 25.4. The first-order valence-corrected chi connectivity index (χ1v) is 5.96. The zero-order chi connectivity index (χ0) is 12.1. The van der Waals surface area contributed by atoms with Gasteiger partial charge in [0.25, 0.3) is 0 Å². The van der Waals surface area contributed by atoms with E-state index in [1.807, 2.05) is 0 Å². The SMILES string of the molecule is CCOC(=O)C1CN(CC(C)C)CCC1=O. The van der Waals surface area contributed by atoms with E-state index in [0.717, 1.165) is 13.1 Å². The molecule has 0 N–H and O–H groups in total. The molecular weight excluding hydrogens is 206 g/mol. The number of ketones is 1. The minimum atomic E-state index is -0.563. The molecule has 4 heteroatoms. The van der Waals surface area contributed by atoms with Crippen molar-refractivity contribution >= 4 is 11.8 Å². The van der Waals surface area contributed by atoms with E-state index < -0.39 is 5.92 Å². The first-order valence-electron chi connectivity index (χ1n) is 5.96. The van der Waals surface area contributed by atoms with Gasteiger partial charge in [-0.2, -0.15) is 0 Å². The van der Waals surface area contributed by atoms with Crippen molar-refractivity contribution in [2.45, 2.75) is 27.2 Å². The van der Waals surface area contributed by atoms with Crippen LogP contribution in [0.4, 0.5) is 0 Å². The second-order valence-corrected chi connectivity index (χ2v) is 4.67. The Morgan fingerprint density at radius 2 is 2.25 bits per heavy atom. The number of esters is 1.